The smallest absolute Gasteiger partial charge is 0.321 e. The Labute approximate surface area is 144 Å². The van der Waals surface area contributed by atoms with E-state index in [0.29, 0.717) is 6.54 Å². The summed E-state index contributed by atoms with van der Waals surface area (Å²) in [4.78, 5) is 27.3. The molecule has 3 N–H and O–H groups in total. The molecule has 2 aromatic rings. The number of carbonyl (C=O) groups is 2. The summed E-state index contributed by atoms with van der Waals surface area (Å²) >= 11 is 3.38. The first-order valence-corrected chi connectivity index (χ1v) is 9.39. The topological polar surface area (TPSA) is 62.6 Å². The van der Waals surface area contributed by atoms with E-state index in [1.54, 1.807) is 22.7 Å². The van der Waals surface area contributed by atoms with Crippen molar-refractivity contribution in [2.24, 2.45) is 0 Å². The molecule has 2 heterocycles. The van der Waals surface area contributed by atoms with Crippen molar-refractivity contribution in [3.8, 4) is 0 Å². The molecule has 0 unspecified atom stereocenters. The molecule has 2 aromatic heterocycles. The third kappa shape index (κ3) is 6.52. The van der Waals surface area contributed by atoms with Crippen LogP contribution in [0.1, 0.15) is 23.1 Å². The first-order chi connectivity index (χ1) is 11.2. The van der Waals surface area contributed by atoms with E-state index in [2.05, 4.69) is 22.8 Å². The normalized spacial score (nSPS) is 10.7. The highest BCUT2D eigenvalue weighted by molar-refractivity contribution is 7.10. The van der Waals surface area contributed by atoms with Crippen LogP contribution in [-0.2, 0) is 17.9 Å². The predicted octanol–water partition coefficient (Wildman–Crippen LogP) is 1.63. The Balaban J connectivity index is 1.90. The lowest BCUT2D eigenvalue weighted by Crippen LogP contribution is -3.10. The van der Waals surface area contributed by atoms with Crippen LogP contribution in [0.15, 0.2) is 35.0 Å². The first-order valence-electron chi connectivity index (χ1n) is 7.63. The number of urea groups is 1. The number of hydrogen-bond donors (Lipinski definition) is 3. The Kier molecular flexibility index (Phi) is 7.25. The highest BCUT2D eigenvalue weighted by Gasteiger charge is 2.18. The molecule has 0 spiro atoms. The zero-order chi connectivity index (χ0) is 16.5. The highest BCUT2D eigenvalue weighted by Crippen LogP contribution is 2.08. The van der Waals surface area contributed by atoms with Gasteiger partial charge in [0.1, 0.15) is 13.1 Å². The van der Waals surface area contributed by atoms with Crippen molar-refractivity contribution in [1.29, 1.82) is 0 Å². The molecule has 0 atom stereocenters. The van der Waals surface area contributed by atoms with E-state index in [9.17, 15) is 9.59 Å². The molecule has 0 aliphatic carbocycles. The third-order valence-electron chi connectivity index (χ3n) is 3.21. The van der Waals surface area contributed by atoms with Gasteiger partial charge in [0, 0.05) is 6.54 Å². The second kappa shape index (κ2) is 9.44. The maximum atomic E-state index is 12.1. The number of hydrogen-bond acceptors (Lipinski definition) is 4. The zero-order valence-corrected chi connectivity index (χ0v) is 14.8. The van der Waals surface area contributed by atoms with Crippen molar-refractivity contribution in [3.63, 3.8) is 0 Å². The number of quaternary nitrogens is 1. The number of rotatable bonds is 8. The van der Waals surface area contributed by atoms with Gasteiger partial charge < -0.3 is 10.2 Å². The van der Waals surface area contributed by atoms with Gasteiger partial charge in [0.05, 0.1) is 9.75 Å². The van der Waals surface area contributed by atoms with Crippen LogP contribution < -0.4 is 15.5 Å². The van der Waals surface area contributed by atoms with Gasteiger partial charge in [0.25, 0.3) is 5.91 Å². The molecule has 2 rings (SSSR count). The Morgan fingerprint density at radius 3 is 2.17 bits per heavy atom. The average molecular weight is 353 g/mol. The Morgan fingerprint density at radius 1 is 1.09 bits per heavy atom. The number of carbonyl (C=O) groups excluding carboxylic acids is 2. The number of thiophene rings is 2. The van der Waals surface area contributed by atoms with Crippen LogP contribution in [0.2, 0.25) is 0 Å². The summed E-state index contributed by atoms with van der Waals surface area (Å²) in [7, 11) is 0. The molecule has 3 amide bonds. The fourth-order valence-corrected chi connectivity index (χ4v) is 3.74. The molecule has 0 radical (unpaired) electrons. The van der Waals surface area contributed by atoms with E-state index in [4.69, 9.17) is 0 Å². The number of nitrogens with one attached hydrogen (secondary N) is 3. The second-order valence-electron chi connectivity index (χ2n) is 5.24. The van der Waals surface area contributed by atoms with Crippen LogP contribution in [-0.4, -0.2) is 25.0 Å². The van der Waals surface area contributed by atoms with Crippen LogP contribution in [0.25, 0.3) is 0 Å². The third-order valence-corrected chi connectivity index (χ3v) is 4.96. The number of amides is 3. The van der Waals surface area contributed by atoms with Gasteiger partial charge in [-0.1, -0.05) is 19.1 Å². The lowest BCUT2D eigenvalue weighted by Gasteiger charge is -2.17. The monoisotopic (exact) mass is 352 g/mol. The summed E-state index contributed by atoms with van der Waals surface area (Å²) in [6.07, 6.45) is 0.843. The summed E-state index contributed by atoms with van der Waals surface area (Å²) in [5.41, 5.74) is 0. The molecule has 7 heteroatoms. The van der Waals surface area contributed by atoms with Gasteiger partial charge in [-0.15, -0.1) is 22.7 Å². The summed E-state index contributed by atoms with van der Waals surface area (Å²) in [5, 5.41) is 9.13. The Hall–Kier alpha value is -1.70. The lowest BCUT2D eigenvalue weighted by molar-refractivity contribution is -0.919. The molecular weight excluding hydrogens is 330 g/mol. The molecule has 0 saturated carbocycles. The van der Waals surface area contributed by atoms with Crippen molar-refractivity contribution in [2.75, 3.05) is 13.1 Å². The molecule has 0 fully saturated rings. The molecular formula is C16H22N3O2S2+. The van der Waals surface area contributed by atoms with E-state index < -0.39 is 6.03 Å². The Morgan fingerprint density at radius 2 is 1.70 bits per heavy atom. The van der Waals surface area contributed by atoms with Crippen molar-refractivity contribution in [3.05, 3.63) is 44.8 Å². The van der Waals surface area contributed by atoms with Crippen LogP contribution >= 0.6 is 22.7 Å². The van der Waals surface area contributed by atoms with Gasteiger partial charge in [-0.05, 0) is 29.3 Å². The SMILES string of the molecule is CCCNC(=O)NC(=O)C[NH+](Cc1cccs1)Cc1cccs1. The molecule has 0 saturated heterocycles. The van der Waals surface area contributed by atoms with Gasteiger partial charge >= 0.3 is 6.03 Å². The van der Waals surface area contributed by atoms with Crippen LogP contribution in [0.5, 0.6) is 0 Å². The van der Waals surface area contributed by atoms with Gasteiger partial charge in [-0.3, -0.25) is 10.1 Å². The van der Waals surface area contributed by atoms with Crippen molar-refractivity contribution in [2.45, 2.75) is 26.4 Å². The predicted molar refractivity (Wildman–Crippen MR) is 93.7 cm³/mol. The summed E-state index contributed by atoms with van der Waals surface area (Å²) in [6, 6.07) is 7.77. The average Bonchev–Trinajstić information content (AvgIpc) is 3.18. The van der Waals surface area contributed by atoms with Crippen molar-refractivity contribution < 1.29 is 14.5 Å². The standard InChI is InChI=1S/C16H21N3O2S2/c1-2-7-17-16(21)18-15(20)12-19(10-13-5-3-8-22-13)11-14-6-4-9-23-14/h3-6,8-9H,2,7,10-12H2,1H3,(H2,17,18,20,21)/p+1. The van der Waals surface area contributed by atoms with Crippen LogP contribution in [0, 0.1) is 0 Å². The van der Waals surface area contributed by atoms with Gasteiger partial charge in [-0.25, -0.2) is 4.79 Å². The van der Waals surface area contributed by atoms with Crippen LogP contribution in [0.3, 0.4) is 0 Å². The van der Waals surface area contributed by atoms with E-state index >= 15 is 0 Å². The minimum absolute atomic E-state index is 0.248. The van der Waals surface area contributed by atoms with Crippen molar-refractivity contribution >= 4 is 34.6 Å². The molecule has 0 aromatic carbocycles. The van der Waals surface area contributed by atoms with Gasteiger partial charge in [0.15, 0.2) is 6.54 Å². The molecule has 0 aliphatic heterocycles. The maximum Gasteiger partial charge on any atom is 0.321 e. The van der Waals surface area contributed by atoms with E-state index in [1.165, 1.54) is 9.75 Å². The lowest BCUT2D eigenvalue weighted by atomic mass is 10.3. The number of imide groups is 1. The fraction of sp³-hybridized carbons (Fsp3) is 0.375. The van der Waals surface area contributed by atoms with Crippen LogP contribution in [0.4, 0.5) is 4.79 Å². The maximum absolute atomic E-state index is 12.1. The minimum Gasteiger partial charge on any atom is -0.338 e. The molecule has 0 bridgehead atoms. The molecule has 0 aliphatic rings. The highest BCUT2D eigenvalue weighted by atomic mass is 32.1. The quantitative estimate of drug-likeness (QED) is 0.676. The molecule has 124 valence electrons. The first kappa shape index (κ1) is 17.7. The summed E-state index contributed by atoms with van der Waals surface area (Å²) in [6.45, 7) is 4.37. The van der Waals surface area contributed by atoms with Gasteiger partial charge in [-0.2, -0.15) is 0 Å². The zero-order valence-electron chi connectivity index (χ0n) is 13.1. The van der Waals surface area contributed by atoms with E-state index in [1.807, 2.05) is 29.8 Å². The second-order valence-corrected chi connectivity index (χ2v) is 7.31. The summed E-state index contributed by atoms with van der Waals surface area (Å²) < 4.78 is 0. The van der Waals surface area contributed by atoms with E-state index in [-0.39, 0.29) is 12.5 Å². The molecule has 23 heavy (non-hydrogen) atoms. The Bertz CT molecular complexity index is 561. The largest absolute Gasteiger partial charge is 0.338 e. The summed E-state index contributed by atoms with van der Waals surface area (Å²) in [5.74, 6) is -0.248. The van der Waals surface area contributed by atoms with Crippen molar-refractivity contribution in [1.82, 2.24) is 10.6 Å². The fourth-order valence-electron chi connectivity index (χ4n) is 2.19. The van der Waals surface area contributed by atoms with Gasteiger partial charge in [0.2, 0.25) is 0 Å². The minimum atomic E-state index is -0.413. The molecule has 5 nitrogen and oxygen atoms in total. The van der Waals surface area contributed by atoms with E-state index in [0.717, 1.165) is 24.4 Å².